The van der Waals surface area contributed by atoms with Crippen molar-refractivity contribution in [2.45, 2.75) is 50.9 Å². The zero-order valence-corrected chi connectivity index (χ0v) is 13.0. The number of carbonyl (C=O) groups excluding carboxylic acids is 1. The number of ether oxygens (including phenoxy) is 1. The van der Waals surface area contributed by atoms with Crippen molar-refractivity contribution in [3.8, 4) is 0 Å². The van der Waals surface area contributed by atoms with Crippen LogP contribution < -0.4 is 0 Å². The van der Waals surface area contributed by atoms with Crippen molar-refractivity contribution in [3.63, 3.8) is 0 Å². The van der Waals surface area contributed by atoms with Gasteiger partial charge in [-0.15, -0.1) is 11.3 Å². The number of thiazole rings is 1. The van der Waals surface area contributed by atoms with Gasteiger partial charge < -0.3 is 14.7 Å². The molecule has 0 bridgehead atoms. The van der Waals surface area contributed by atoms with E-state index in [1.54, 1.807) is 30.4 Å². The minimum absolute atomic E-state index is 0.00361. The topological polar surface area (TPSA) is 62.7 Å². The largest absolute Gasteiger partial charge is 0.388 e. The predicted molar refractivity (Wildman–Crippen MR) is 77.8 cm³/mol. The van der Waals surface area contributed by atoms with E-state index < -0.39 is 6.10 Å². The molecule has 2 rings (SSSR count). The van der Waals surface area contributed by atoms with E-state index in [-0.39, 0.29) is 18.1 Å². The molecule has 1 heterocycles. The number of methoxy groups -OCH3 is 1. The van der Waals surface area contributed by atoms with E-state index in [1.807, 2.05) is 12.3 Å². The Morgan fingerprint density at radius 3 is 2.95 bits per heavy atom. The number of aliphatic hydroxyl groups excluding tert-OH is 1. The maximum atomic E-state index is 12.3. The van der Waals surface area contributed by atoms with Crippen LogP contribution in [0, 0.1) is 6.92 Å². The Morgan fingerprint density at radius 2 is 2.35 bits per heavy atom. The van der Waals surface area contributed by atoms with Gasteiger partial charge in [-0.25, -0.2) is 4.98 Å². The summed E-state index contributed by atoms with van der Waals surface area (Å²) in [6.45, 7) is 1.93. The Balaban J connectivity index is 1.98. The first-order chi connectivity index (χ1) is 9.52. The lowest BCUT2D eigenvalue weighted by molar-refractivity contribution is -0.139. The summed E-state index contributed by atoms with van der Waals surface area (Å²) in [7, 11) is 3.36. The van der Waals surface area contributed by atoms with Gasteiger partial charge in [0.2, 0.25) is 5.91 Å². The molecule has 6 heteroatoms. The van der Waals surface area contributed by atoms with Crippen molar-refractivity contribution in [2.75, 3.05) is 14.2 Å². The minimum atomic E-state index is -0.611. The van der Waals surface area contributed by atoms with Crippen molar-refractivity contribution in [2.24, 2.45) is 0 Å². The Labute approximate surface area is 123 Å². The number of hydrogen-bond acceptors (Lipinski definition) is 5. The van der Waals surface area contributed by atoms with Crippen LogP contribution in [0.4, 0.5) is 0 Å². The fourth-order valence-electron chi connectivity index (χ4n) is 2.75. The van der Waals surface area contributed by atoms with Gasteiger partial charge in [0.1, 0.15) is 6.10 Å². The molecule has 1 aliphatic carbocycles. The number of aromatic nitrogens is 1. The van der Waals surface area contributed by atoms with Crippen molar-refractivity contribution in [1.82, 2.24) is 9.88 Å². The summed E-state index contributed by atoms with van der Waals surface area (Å²) >= 11 is 1.55. The summed E-state index contributed by atoms with van der Waals surface area (Å²) in [5, 5.41) is 13.2. The van der Waals surface area contributed by atoms with Crippen molar-refractivity contribution >= 4 is 17.2 Å². The van der Waals surface area contributed by atoms with Crippen molar-refractivity contribution in [3.05, 3.63) is 16.1 Å². The molecule has 0 radical (unpaired) electrons. The molecule has 20 heavy (non-hydrogen) atoms. The zero-order valence-electron chi connectivity index (χ0n) is 12.2. The second-order valence-corrected chi connectivity index (χ2v) is 6.36. The summed E-state index contributed by atoms with van der Waals surface area (Å²) in [4.78, 5) is 18.3. The molecule has 0 aliphatic heterocycles. The fourth-order valence-corrected chi connectivity index (χ4v) is 3.36. The van der Waals surface area contributed by atoms with E-state index in [0.717, 1.165) is 30.0 Å². The molecular weight excluding hydrogens is 276 g/mol. The van der Waals surface area contributed by atoms with E-state index >= 15 is 0 Å². The van der Waals surface area contributed by atoms with Crippen molar-refractivity contribution < 1.29 is 14.6 Å². The normalized spacial score (nSPS) is 26.5. The van der Waals surface area contributed by atoms with E-state index in [0.29, 0.717) is 6.42 Å². The third-order valence-corrected chi connectivity index (χ3v) is 4.78. The maximum Gasteiger partial charge on any atom is 0.228 e. The van der Waals surface area contributed by atoms with Gasteiger partial charge in [0.25, 0.3) is 0 Å². The lowest BCUT2D eigenvalue weighted by Gasteiger charge is -2.39. The predicted octanol–water partition coefficient (Wildman–Crippen LogP) is 1.38. The molecular formula is C14H22N2O3S. The number of carbonyl (C=O) groups is 1. The Kier molecular flexibility index (Phi) is 5.12. The average Bonchev–Trinajstić information content (AvgIpc) is 2.83. The highest BCUT2D eigenvalue weighted by atomic mass is 32.1. The Morgan fingerprint density at radius 1 is 1.60 bits per heavy atom. The Bertz CT molecular complexity index is 463. The highest BCUT2D eigenvalue weighted by Crippen LogP contribution is 2.25. The molecule has 1 aliphatic rings. The zero-order chi connectivity index (χ0) is 14.7. The summed E-state index contributed by atoms with van der Waals surface area (Å²) in [6.07, 6.45) is 2.14. The van der Waals surface area contributed by atoms with E-state index in [1.165, 1.54) is 0 Å². The third kappa shape index (κ3) is 3.37. The number of likely N-dealkylation sites (N-methyl/N-ethyl adjacent to an activating group) is 1. The summed E-state index contributed by atoms with van der Waals surface area (Å²) in [5.74, 6) is -0.00361. The molecule has 5 nitrogen and oxygen atoms in total. The molecule has 112 valence electrons. The molecule has 1 saturated carbocycles. The van der Waals surface area contributed by atoms with Crippen LogP contribution in [0.2, 0.25) is 0 Å². The van der Waals surface area contributed by atoms with Crippen molar-refractivity contribution in [1.29, 1.82) is 0 Å². The van der Waals surface area contributed by atoms with Crippen LogP contribution in [0.3, 0.4) is 0 Å². The number of aliphatic hydroxyl groups is 1. The third-order valence-electron chi connectivity index (χ3n) is 3.96. The SMILES string of the molecule is CO[C@@H]1CCC[C@@H](N(C)C(=O)Cc2csc(C)n2)[C@H]1O. The molecule has 1 fully saturated rings. The summed E-state index contributed by atoms with van der Waals surface area (Å²) in [5.41, 5.74) is 0.804. The van der Waals surface area contributed by atoms with Gasteiger partial charge in [0.05, 0.1) is 29.3 Å². The van der Waals surface area contributed by atoms with Gasteiger partial charge >= 0.3 is 0 Å². The molecule has 3 atom stereocenters. The number of aryl methyl sites for hydroxylation is 1. The lowest BCUT2D eigenvalue weighted by Crippen LogP contribution is -2.52. The fraction of sp³-hybridized carbons (Fsp3) is 0.714. The van der Waals surface area contributed by atoms with Crippen LogP contribution in [-0.4, -0.2) is 53.3 Å². The molecule has 1 amide bonds. The molecule has 0 unspecified atom stereocenters. The van der Waals surface area contributed by atoms with Gasteiger partial charge in [-0.05, 0) is 26.2 Å². The highest BCUT2D eigenvalue weighted by Gasteiger charge is 2.36. The molecule has 0 aromatic carbocycles. The van der Waals surface area contributed by atoms with Gasteiger partial charge in [-0.3, -0.25) is 4.79 Å². The minimum Gasteiger partial charge on any atom is -0.388 e. The van der Waals surface area contributed by atoms with Gasteiger partial charge in [0, 0.05) is 19.5 Å². The van der Waals surface area contributed by atoms with Crippen LogP contribution >= 0.6 is 11.3 Å². The number of amides is 1. The van der Waals surface area contributed by atoms with E-state index in [2.05, 4.69) is 4.98 Å². The Hall–Kier alpha value is -0.980. The van der Waals surface area contributed by atoms with Crippen LogP contribution in [0.1, 0.15) is 30.0 Å². The van der Waals surface area contributed by atoms with E-state index in [4.69, 9.17) is 4.74 Å². The van der Waals surface area contributed by atoms with Crippen LogP contribution in [0.15, 0.2) is 5.38 Å². The smallest absolute Gasteiger partial charge is 0.228 e. The number of rotatable bonds is 4. The van der Waals surface area contributed by atoms with E-state index in [9.17, 15) is 9.90 Å². The van der Waals surface area contributed by atoms with Crippen LogP contribution in [0.5, 0.6) is 0 Å². The van der Waals surface area contributed by atoms with Crippen LogP contribution in [0.25, 0.3) is 0 Å². The molecule has 1 N–H and O–H groups in total. The van der Waals surface area contributed by atoms with Gasteiger partial charge in [-0.2, -0.15) is 0 Å². The first-order valence-electron chi connectivity index (χ1n) is 6.90. The van der Waals surface area contributed by atoms with Crippen LogP contribution in [-0.2, 0) is 16.0 Å². The number of hydrogen-bond donors (Lipinski definition) is 1. The maximum absolute atomic E-state index is 12.3. The molecule has 1 aromatic heterocycles. The second kappa shape index (κ2) is 6.65. The quantitative estimate of drug-likeness (QED) is 0.912. The second-order valence-electron chi connectivity index (χ2n) is 5.30. The standard InChI is InChI=1S/C14H22N2O3S/c1-9-15-10(8-20-9)7-13(17)16(2)11-5-4-6-12(19-3)14(11)18/h8,11-12,14,18H,4-7H2,1-3H3/t11-,12-,14-/m1/s1. The molecule has 1 aromatic rings. The lowest BCUT2D eigenvalue weighted by atomic mass is 9.89. The summed E-state index contributed by atoms with van der Waals surface area (Å²) in [6, 6.07) is -0.166. The first-order valence-corrected chi connectivity index (χ1v) is 7.78. The van der Waals surface area contributed by atoms with Gasteiger partial charge in [0.15, 0.2) is 0 Å². The number of nitrogens with zero attached hydrogens (tertiary/aromatic N) is 2. The molecule has 0 spiro atoms. The molecule has 0 saturated heterocycles. The average molecular weight is 298 g/mol. The first kappa shape index (κ1) is 15.4. The monoisotopic (exact) mass is 298 g/mol. The highest BCUT2D eigenvalue weighted by molar-refractivity contribution is 7.09. The van der Waals surface area contributed by atoms with Gasteiger partial charge in [-0.1, -0.05) is 0 Å². The summed E-state index contributed by atoms with van der Waals surface area (Å²) < 4.78 is 5.29.